The molecule has 0 spiro atoms. The number of fused-ring (bicyclic) bond motifs is 1. The molecule has 3 aromatic carbocycles. The molecular weight excluding hydrogens is 380 g/mol. The number of anilines is 2. The van der Waals surface area contributed by atoms with E-state index in [1.807, 2.05) is 0 Å². The standard InChI is InChI=1S/C10H9NO3S.C6H7NO3S/c11-9-5-6-10(15(12,13)14)8-4-2-1-3-7(8)9;7-5-1-3-6(4-2-5)11(8,9)10/h1-6H,11H2,(H,12,13,14);1-4H,7H2,(H,8,9,10). The van der Waals surface area contributed by atoms with E-state index in [2.05, 4.69) is 0 Å². The summed E-state index contributed by atoms with van der Waals surface area (Å²) in [7, 11) is -8.28. The lowest BCUT2D eigenvalue weighted by molar-refractivity contribution is 0.481. The van der Waals surface area contributed by atoms with Crippen molar-refractivity contribution in [2.24, 2.45) is 0 Å². The molecule has 0 saturated carbocycles. The second-order valence-electron chi connectivity index (χ2n) is 5.22. The fourth-order valence-electron chi connectivity index (χ4n) is 2.16. The van der Waals surface area contributed by atoms with Gasteiger partial charge in [-0.1, -0.05) is 24.3 Å². The Kier molecular flexibility index (Phi) is 5.52. The van der Waals surface area contributed by atoms with Gasteiger partial charge >= 0.3 is 0 Å². The molecule has 10 heteroatoms. The van der Waals surface area contributed by atoms with Gasteiger partial charge in [-0.05, 0) is 36.4 Å². The summed E-state index contributed by atoms with van der Waals surface area (Å²) in [5, 5.41) is 1.05. The van der Waals surface area contributed by atoms with Crippen molar-refractivity contribution in [1.82, 2.24) is 0 Å². The van der Waals surface area contributed by atoms with Crippen LogP contribution in [0.3, 0.4) is 0 Å². The normalized spacial score (nSPS) is 11.6. The Balaban J connectivity index is 0.000000197. The quantitative estimate of drug-likeness (QED) is 0.378. The van der Waals surface area contributed by atoms with Gasteiger partial charge in [0, 0.05) is 22.1 Å². The topological polar surface area (TPSA) is 161 Å². The van der Waals surface area contributed by atoms with Gasteiger partial charge in [-0.15, -0.1) is 0 Å². The van der Waals surface area contributed by atoms with Crippen molar-refractivity contribution in [3.05, 3.63) is 60.7 Å². The third-order valence-electron chi connectivity index (χ3n) is 3.37. The lowest BCUT2D eigenvalue weighted by Crippen LogP contribution is -2.00. The molecule has 0 atom stereocenters. The Morgan fingerprint density at radius 3 is 1.69 bits per heavy atom. The van der Waals surface area contributed by atoms with Crippen LogP contribution in [0, 0.1) is 0 Å². The summed E-state index contributed by atoms with van der Waals surface area (Å²) in [4.78, 5) is -0.265. The summed E-state index contributed by atoms with van der Waals surface area (Å²) in [5.41, 5.74) is 11.9. The third kappa shape index (κ3) is 4.70. The molecule has 3 rings (SSSR count). The van der Waals surface area contributed by atoms with Gasteiger partial charge < -0.3 is 11.5 Å². The first-order valence-electron chi connectivity index (χ1n) is 7.08. The van der Waals surface area contributed by atoms with Crippen LogP contribution in [0.5, 0.6) is 0 Å². The number of hydrogen-bond acceptors (Lipinski definition) is 6. The summed E-state index contributed by atoms with van der Waals surface area (Å²) in [6.07, 6.45) is 0. The van der Waals surface area contributed by atoms with Crippen molar-refractivity contribution < 1.29 is 25.9 Å². The largest absolute Gasteiger partial charge is 0.399 e. The first-order chi connectivity index (χ1) is 12.0. The lowest BCUT2D eigenvalue weighted by atomic mass is 10.1. The summed E-state index contributed by atoms with van der Waals surface area (Å²) >= 11 is 0. The molecule has 0 radical (unpaired) electrons. The average molecular weight is 396 g/mol. The Morgan fingerprint density at radius 1 is 0.654 bits per heavy atom. The van der Waals surface area contributed by atoms with E-state index in [4.69, 9.17) is 20.6 Å². The number of nitrogens with two attached hydrogens (primary N) is 2. The molecule has 0 aliphatic rings. The number of rotatable bonds is 2. The van der Waals surface area contributed by atoms with E-state index >= 15 is 0 Å². The van der Waals surface area contributed by atoms with Crippen molar-refractivity contribution >= 4 is 42.4 Å². The summed E-state index contributed by atoms with van der Waals surface area (Å²) in [5.74, 6) is 0. The van der Waals surface area contributed by atoms with Crippen LogP contribution in [-0.2, 0) is 20.2 Å². The molecule has 3 aromatic rings. The third-order valence-corrected chi connectivity index (χ3v) is 5.15. The van der Waals surface area contributed by atoms with Crippen LogP contribution in [0.15, 0.2) is 70.5 Å². The molecule has 0 saturated heterocycles. The lowest BCUT2D eigenvalue weighted by Gasteiger charge is -2.05. The van der Waals surface area contributed by atoms with Gasteiger partial charge in [0.25, 0.3) is 20.2 Å². The monoisotopic (exact) mass is 396 g/mol. The zero-order valence-corrected chi connectivity index (χ0v) is 14.9. The highest BCUT2D eigenvalue weighted by atomic mass is 32.2. The second-order valence-corrected chi connectivity index (χ2v) is 8.03. The van der Waals surface area contributed by atoms with Crippen LogP contribution in [0.1, 0.15) is 0 Å². The summed E-state index contributed by atoms with van der Waals surface area (Å²) in [6.45, 7) is 0. The van der Waals surface area contributed by atoms with Gasteiger partial charge in [0.15, 0.2) is 0 Å². The van der Waals surface area contributed by atoms with Crippen LogP contribution in [0.25, 0.3) is 10.8 Å². The maximum atomic E-state index is 11.1. The highest BCUT2D eigenvalue weighted by molar-refractivity contribution is 7.86. The van der Waals surface area contributed by atoms with E-state index in [1.165, 1.54) is 36.4 Å². The predicted molar refractivity (Wildman–Crippen MR) is 98.8 cm³/mol. The minimum Gasteiger partial charge on any atom is -0.399 e. The van der Waals surface area contributed by atoms with Gasteiger partial charge in [-0.25, -0.2) is 0 Å². The number of benzene rings is 3. The van der Waals surface area contributed by atoms with E-state index in [-0.39, 0.29) is 9.79 Å². The number of hydrogen-bond donors (Lipinski definition) is 4. The van der Waals surface area contributed by atoms with Crippen molar-refractivity contribution in [1.29, 1.82) is 0 Å². The van der Waals surface area contributed by atoms with Crippen LogP contribution >= 0.6 is 0 Å². The first-order valence-corrected chi connectivity index (χ1v) is 9.96. The summed E-state index contributed by atoms with van der Waals surface area (Å²) < 4.78 is 60.6. The minimum absolute atomic E-state index is 0.118. The van der Waals surface area contributed by atoms with Gasteiger partial charge in [0.1, 0.15) is 4.90 Å². The molecule has 0 bridgehead atoms. The summed E-state index contributed by atoms with van der Waals surface area (Å²) in [6, 6.07) is 14.8. The van der Waals surface area contributed by atoms with Crippen molar-refractivity contribution in [3.8, 4) is 0 Å². The predicted octanol–water partition coefficient (Wildman–Crippen LogP) is 2.18. The van der Waals surface area contributed by atoms with Gasteiger partial charge in [-0.3, -0.25) is 9.11 Å². The van der Waals surface area contributed by atoms with E-state index < -0.39 is 20.2 Å². The molecule has 6 N–H and O–H groups in total. The van der Waals surface area contributed by atoms with E-state index in [0.29, 0.717) is 22.1 Å². The molecule has 0 aliphatic carbocycles. The van der Waals surface area contributed by atoms with Crippen molar-refractivity contribution in [2.75, 3.05) is 11.5 Å². The molecule has 8 nitrogen and oxygen atoms in total. The second kappa shape index (κ2) is 7.30. The fourth-order valence-corrected chi connectivity index (χ4v) is 3.34. The number of nitrogen functional groups attached to an aromatic ring is 2. The molecule has 0 aliphatic heterocycles. The Bertz CT molecular complexity index is 1140. The van der Waals surface area contributed by atoms with Crippen LogP contribution in [0.4, 0.5) is 11.4 Å². The van der Waals surface area contributed by atoms with Gasteiger partial charge in [0.2, 0.25) is 0 Å². The van der Waals surface area contributed by atoms with E-state index in [0.717, 1.165) is 0 Å². The maximum absolute atomic E-state index is 11.1. The highest BCUT2D eigenvalue weighted by Gasteiger charge is 2.14. The van der Waals surface area contributed by atoms with Crippen molar-refractivity contribution in [3.63, 3.8) is 0 Å². The SMILES string of the molecule is Nc1ccc(S(=O)(=O)O)c2ccccc12.Nc1ccc(S(=O)(=O)O)cc1. The zero-order chi connectivity index (χ0) is 19.5. The average Bonchev–Trinajstić information content (AvgIpc) is 2.54. The first kappa shape index (κ1) is 19.7. The van der Waals surface area contributed by atoms with E-state index in [9.17, 15) is 16.8 Å². The van der Waals surface area contributed by atoms with Crippen LogP contribution < -0.4 is 11.5 Å². The molecule has 0 aromatic heterocycles. The molecule has 138 valence electrons. The molecular formula is C16H16N2O6S2. The maximum Gasteiger partial charge on any atom is 0.295 e. The Labute approximate surface area is 150 Å². The molecule has 0 unspecified atom stereocenters. The Hall–Kier alpha value is -2.66. The Morgan fingerprint density at radius 2 is 1.19 bits per heavy atom. The minimum atomic E-state index is -4.20. The zero-order valence-electron chi connectivity index (χ0n) is 13.3. The molecule has 0 fully saturated rings. The van der Waals surface area contributed by atoms with Crippen molar-refractivity contribution in [2.45, 2.75) is 9.79 Å². The fraction of sp³-hybridized carbons (Fsp3) is 0. The van der Waals surface area contributed by atoms with Gasteiger partial charge in [-0.2, -0.15) is 16.8 Å². The van der Waals surface area contributed by atoms with Gasteiger partial charge in [0.05, 0.1) is 4.90 Å². The molecule has 0 amide bonds. The smallest absolute Gasteiger partial charge is 0.295 e. The van der Waals surface area contributed by atoms with Crippen LogP contribution in [0.2, 0.25) is 0 Å². The highest BCUT2D eigenvalue weighted by Crippen LogP contribution is 2.27. The molecule has 0 heterocycles. The van der Waals surface area contributed by atoms with E-state index in [1.54, 1.807) is 24.3 Å². The van der Waals surface area contributed by atoms with Crippen LogP contribution in [-0.4, -0.2) is 25.9 Å². The molecule has 26 heavy (non-hydrogen) atoms.